The summed E-state index contributed by atoms with van der Waals surface area (Å²) < 4.78 is 5.78. The van der Waals surface area contributed by atoms with Crippen LogP contribution in [0.5, 0.6) is 0 Å². The van der Waals surface area contributed by atoms with E-state index in [2.05, 4.69) is 15.3 Å². The highest BCUT2D eigenvalue weighted by Crippen LogP contribution is 2.31. The molecule has 0 unspecified atom stereocenters. The molecule has 1 aliphatic rings. The summed E-state index contributed by atoms with van der Waals surface area (Å²) in [4.78, 5) is 31.8. The molecular weight excluding hydrogens is 372 g/mol. The molecule has 1 aliphatic heterocycles. The molecule has 1 N–H and O–H groups in total. The minimum atomic E-state index is -0.507. The molecule has 0 atom stereocenters. The molecule has 29 heavy (non-hydrogen) atoms. The zero-order valence-corrected chi connectivity index (χ0v) is 14.8. The van der Waals surface area contributed by atoms with Gasteiger partial charge in [0.15, 0.2) is 5.58 Å². The molecule has 0 bridgehead atoms. The van der Waals surface area contributed by atoms with Crippen LogP contribution in [-0.4, -0.2) is 21.5 Å². The first-order chi connectivity index (χ1) is 14.1. The Morgan fingerprint density at radius 1 is 1.03 bits per heavy atom. The number of rotatable bonds is 3. The molecule has 2 heterocycles. The Morgan fingerprint density at radius 2 is 1.86 bits per heavy atom. The minimum Gasteiger partial charge on any atom is -0.436 e. The van der Waals surface area contributed by atoms with Crippen LogP contribution in [0.3, 0.4) is 0 Å². The summed E-state index contributed by atoms with van der Waals surface area (Å²) in [6.07, 6.45) is 0. The number of fused-ring (bicyclic) bond motifs is 2. The number of oxazole rings is 1. The van der Waals surface area contributed by atoms with Crippen molar-refractivity contribution in [2.45, 2.75) is 0 Å². The predicted molar refractivity (Wildman–Crippen MR) is 107 cm³/mol. The maximum absolute atomic E-state index is 12.3. The Hall–Kier alpha value is -4.33. The van der Waals surface area contributed by atoms with E-state index in [1.54, 1.807) is 18.2 Å². The van der Waals surface area contributed by atoms with Crippen molar-refractivity contribution >= 4 is 39.8 Å². The van der Waals surface area contributed by atoms with Crippen molar-refractivity contribution in [1.29, 1.82) is 0 Å². The van der Waals surface area contributed by atoms with Crippen LogP contribution in [0.4, 0.5) is 17.1 Å². The number of carbonyl (C=O) groups excluding carboxylic acids is 1. The molecule has 0 radical (unpaired) electrons. The molecule has 0 fully saturated rings. The molecule has 3 aromatic carbocycles. The van der Waals surface area contributed by atoms with Gasteiger partial charge in [-0.15, -0.1) is 0 Å². The lowest BCUT2D eigenvalue weighted by atomic mass is 10.1. The first kappa shape index (κ1) is 16.8. The quantitative estimate of drug-likeness (QED) is 0.414. The Bertz CT molecular complexity index is 1330. The number of nitro groups is 1. The van der Waals surface area contributed by atoms with Gasteiger partial charge < -0.3 is 9.73 Å². The molecule has 0 spiro atoms. The average Bonchev–Trinajstić information content (AvgIpc) is 3.29. The Kier molecular flexibility index (Phi) is 3.70. The highest BCUT2D eigenvalue weighted by molar-refractivity contribution is 6.54. The second-order valence-electron chi connectivity index (χ2n) is 6.44. The van der Waals surface area contributed by atoms with E-state index in [-0.39, 0.29) is 11.4 Å². The van der Waals surface area contributed by atoms with E-state index < -0.39 is 10.8 Å². The summed E-state index contributed by atoms with van der Waals surface area (Å²) in [7, 11) is 0. The summed E-state index contributed by atoms with van der Waals surface area (Å²) in [5.41, 5.74) is 3.45. The fourth-order valence-corrected chi connectivity index (χ4v) is 3.18. The maximum atomic E-state index is 12.3. The molecule has 0 saturated heterocycles. The third kappa shape index (κ3) is 2.92. The molecule has 5 rings (SSSR count). The van der Waals surface area contributed by atoms with Crippen LogP contribution in [-0.2, 0) is 4.79 Å². The van der Waals surface area contributed by atoms with E-state index in [0.29, 0.717) is 33.9 Å². The van der Waals surface area contributed by atoms with Gasteiger partial charge in [0, 0.05) is 23.3 Å². The van der Waals surface area contributed by atoms with Gasteiger partial charge >= 0.3 is 0 Å². The molecule has 0 aliphatic carbocycles. The first-order valence-corrected chi connectivity index (χ1v) is 8.73. The van der Waals surface area contributed by atoms with Gasteiger partial charge in [0.1, 0.15) is 11.2 Å². The van der Waals surface area contributed by atoms with Gasteiger partial charge in [0.2, 0.25) is 5.89 Å². The summed E-state index contributed by atoms with van der Waals surface area (Å²) >= 11 is 0. The fraction of sp³-hybridized carbons (Fsp3) is 0. The topological polar surface area (TPSA) is 111 Å². The fourth-order valence-electron chi connectivity index (χ4n) is 3.18. The largest absolute Gasteiger partial charge is 0.436 e. The van der Waals surface area contributed by atoms with Crippen LogP contribution in [0.15, 0.2) is 76.1 Å². The number of anilines is 1. The standard InChI is InChI=1S/C21H12N4O4/c26-20-19(15-11-14(25(27)28)7-8-16(15)23-20)22-13-6-9-18-17(10-13)24-21(29-18)12-4-2-1-3-5-12/h1-11H,(H,22,23,26). The third-order valence-electron chi connectivity index (χ3n) is 4.57. The van der Waals surface area contributed by atoms with E-state index in [1.165, 1.54) is 18.2 Å². The number of aliphatic imine (C=N–C) groups is 1. The second kappa shape index (κ2) is 6.38. The number of carbonyl (C=O) groups is 1. The molecule has 4 aromatic rings. The number of nitro benzene ring substituents is 1. The zero-order valence-electron chi connectivity index (χ0n) is 14.8. The third-order valence-corrected chi connectivity index (χ3v) is 4.57. The van der Waals surface area contributed by atoms with Gasteiger partial charge in [-0.2, -0.15) is 0 Å². The van der Waals surface area contributed by atoms with Crippen molar-refractivity contribution in [3.05, 3.63) is 82.4 Å². The van der Waals surface area contributed by atoms with Crippen molar-refractivity contribution in [3.8, 4) is 11.5 Å². The summed E-state index contributed by atoms with van der Waals surface area (Å²) in [5.74, 6) is 0.0794. The van der Waals surface area contributed by atoms with Crippen molar-refractivity contribution in [1.82, 2.24) is 4.98 Å². The Balaban J connectivity index is 1.57. The average molecular weight is 384 g/mol. The van der Waals surface area contributed by atoms with Gasteiger partial charge in [0.25, 0.3) is 11.6 Å². The van der Waals surface area contributed by atoms with Crippen LogP contribution in [0.2, 0.25) is 0 Å². The first-order valence-electron chi connectivity index (χ1n) is 8.73. The van der Waals surface area contributed by atoms with Gasteiger partial charge in [0.05, 0.1) is 16.3 Å². The number of benzene rings is 3. The predicted octanol–water partition coefficient (Wildman–Crippen LogP) is 4.48. The van der Waals surface area contributed by atoms with E-state index >= 15 is 0 Å². The van der Waals surface area contributed by atoms with Crippen LogP contribution in [0, 0.1) is 10.1 Å². The SMILES string of the molecule is O=C1Nc2ccc([N+](=O)[O-])cc2C1=Nc1ccc2oc(-c3ccccc3)nc2c1. The van der Waals surface area contributed by atoms with Gasteiger partial charge in [-0.25, -0.2) is 9.98 Å². The summed E-state index contributed by atoms with van der Waals surface area (Å²) in [5, 5.41) is 13.7. The Labute approximate surface area is 163 Å². The second-order valence-corrected chi connectivity index (χ2v) is 6.44. The highest BCUT2D eigenvalue weighted by Gasteiger charge is 2.28. The van der Waals surface area contributed by atoms with E-state index in [1.807, 2.05) is 30.3 Å². The molecule has 8 nitrogen and oxygen atoms in total. The number of non-ortho nitro benzene ring substituents is 1. The lowest BCUT2D eigenvalue weighted by molar-refractivity contribution is -0.384. The molecule has 8 heteroatoms. The molecule has 1 amide bonds. The number of hydrogen-bond donors (Lipinski definition) is 1. The Morgan fingerprint density at radius 3 is 2.66 bits per heavy atom. The number of nitrogens with one attached hydrogen (secondary N) is 1. The van der Waals surface area contributed by atoms with E-state index in [9.17, 15) is 14.9 Å². The van der Waals surface area contributed by atoms with Crippen molar-refractivity contribution < 1.29 is 14.1 Å². The van der Waals surface area contributed by atoms with Gasteiger partial charge in [-0.3, -0.25) is 14.9 Å². The van der Waals surface area contributed by atoms with E-state index in [4.69, 9.17) is 4.42 Å². The number of amides is 1. The smallest absolute Gasteiger partial charge is 0.275 e. The summed E-state index contributed by atoms with van der Waals surface area (Å²) in [6, 6.07) is 18.8. The molecular formula is C21H12N4O4. The summed E-state index contributed by atoms with van der Waals surface area (Å²) in [6.45, 7) is 0. The van der Waals surface area contributed by atoms with Gasteiger partial charge in [-0.05, 0) is 36.4 Å². The lowest BCUT2D eigenvalue weighted by Gasteiger charge is -1.99. The number of hydrogen-bond acceptors (Lipinski definition) is 6. The maximum Gasteiger partial charge on any atom is 0.275 e. The normalized spacial score (nSPS) is 14.2. The van der Waals surface area contributed by atoms with Crippen molar-refractivity contribution in [2.24, 2.45) is 4.99 Å². The van der Waals surface area contributed by atoms with Gasteiger partial charge in [-0.1, -0.05) is 18.2 Å². The molecule has 140 valence electrons. The van der Waals surface area contributed by atoms with E-state index in [0.717, 1.165) is 5.56 Å². The highest BCUT2D eigenvalue weighted by atomic mass is 16.6. The van der Waals surface area contributed by atoms with Crippen LogP contribution in [0.25, 0.3) is 22.6 Å². The van der Waals surface area contributed by atoms with Crippen molar-refractivity contribution in [3.63, 3.8) is 0 Å². The van der Waals surface area contributed by atoms with Crippen LogP contribution < -0.4 is 5.32 Å². The zero-order chi connectivity index (χ0) is 20.0. The molecule has 1 aromatic heterocycles. The number of nitrogens with zero attached hydrogens (tertiary/aromatic N) is 3. The molecule has 0 saturated carbocycles. The van der Waals surface area contributed by atoms with Crippen molar-refractivity contribution in [2.75, 3.05) is 5.32 Å². The van der Waals surface area contributed by atoms with Crippen LogP contribution >= 0.6 is 0 Å². The minimum absolute atomic E-state index is 0.104. The number of aromatic nitrogens is 1. The van der Waals surface area contributed by atoms with Crippen LogP contribution in [0.1, 0.15) is 5.56 Å². The lowest BCUT2D eigenvalue weighted by Crippen LogP contribution is -2.13. The monoisotopic (exact) mass is 384 g/mol.